The Morgan fingerprint density at radius 2 is 1.00 bits per heavy atom. The van der Waals surface area contributed by atoms with Crippen LogP contribution in [-0.4, -0.2) is 82.1 Å². The first-order valence-corrected chi connectivity index (χ1v) is 4.31. The van der Waals surface area contributed by atoms with Crippen LogP contribution in [0.1, 0.15) is 12.8 Å². The summed E-state index contributed by atoms with van der Waals surface area (Å²) in [6.07, 6.45) is -2.14. The van der Waals surface area contributed by atoms with Gasteiger partial charge >= 0.3 is 46.1 Å². The zero-order valence-electron chi connectivity index (χ0n) is 9.75. The first-order chi connectivity index (χ1) is 7.73. The molecule has 19 heavy (non-hydrogen) atoms. The van der Waals surface area contributed by atoms with Gasteiger partial charge in [-0.25, -0.2) is 0 Å². The van der Waals surface area contributed by atoms with Gasteiger partial charge in [0.2, 0.25) is 0 Å². The van der Waals surface area contributed by atoms with Crippen LogP contribution in [0.4, 0.5) is 0 Å². The molecule has 96 valence electrons. The fourth-order valence-electron chi connectivity index (χ4n) is 0.997. The Kier molecular flexibility index (Phi) is 13.9. The van der Waals surface area contributed by atoms with Crippen molar-refractivity contribution >= 4 is 70.0 Å². The number of rotatable bonds is 8. The molecule has 2 atom stereocenters. The molecule has 0 spiro atoms. The van der Waals surface area contributed by atoms with Crippen LogP contribution in [-0.2, 0) is 19.2 Å². The molecule has 0 heterocycles. The maximum atomic E-state index is 10.4. The van der Waals surface area contributed by atoms with E-state index in [4.69, 9.17) is 0 Å². The molecule has 0 aromatic rings. The van der Waals surface area contributed by atoms with Crippen LogP contribution in [0, 0.1) is 0 Å². The van der Waals surface area contributed by atoms with E-state index in [1.807, 2.05) is 0 Å². The molecular formula is C8H7Mg2NO8. The maximum Gasteiger partial charge on any atom is 2.00 e. The third-order valence-corrected chi connectivity index (χ3v) is 1.71. The number of carbonyl (C=O) groups is 4. The second kappa shape index (κ2) is 11.2. The average Bonchev–Trinajstić information content (AvgIpc) is 2.13. The molecule has 0 aromatic carbocycles. The van der Waals surface area contributed by atoms with Gasteiger partial charge in [0, 0.05) is 24.8 Å². The van der Waals surface area contributed by atoms with Crippen molar-refractivity contribution in [1.29, 1.82) is 0 Å². The standard InChI is InChI=1S/C8H11NO8.2Mg/c10-5(11)1-3(7(14)15)9-4(8(16)17)2-6(12)13;;/h3-4,9H,1-2H2,(H,10,11)(H,12,13)(H,14,15)(H,16,17);;/q;2*+2/p-4. The minimum atomic E-state index is -1.90. The van der Waals surface area contributed by atoms with Gasteiger partial charge in [-0.1, -0.05) is 0 Å². The molecule has 0 aliphatic rings. The summed E-state index contributed by atoms with van der Waals surface area (Å²) >= 11 is 0. The number of carbonyl (C=O) groups excluding carboxylic acids is 4. The summed E-state index contributed by atoms with van der Waals surface area (Å²) in [5.74, 6) is -7.34. The summed E-state index contributed by atoms with van der Waals surface area (Å²) in [4.78, 5) is 41.2. The summed E-state index contributed by atoms with van der Waals surface area (Å²) in [7, 11) is 0. The van der Waals surface area contributed by atoms with E-state index in [2.05, 4.69) is 0 Å². The maximum absolute atomic E-state index is 10.4. The second-order valence-corrected chi connectivity index (χ2v) is 3.06. The van der Waals surface area contributed by atoms with Crippen LogP contribution in [0.5, 0.6) is 0 Å². The van der Waals surface area contributed by atoms with Crippen LogP contribution in [0.25, 0.3) is 0 Å². The average molecular weight is 294 g/mol. The predicted octanol–water partition coefficient (Wildman–Crippen LogP) is -7.67. The molecule has 0 radical (unpaired) electrons. The Hall–Kier alpha value is -0.628. The molecule has 1 N–H and O–H groups in total. The van der Waals surface area contributed by atoms with E-state index in [-0.39, 0.29) is 46.1 Å². The molecule has 9 nitrogen and oxygen atoms in total. The van der Waals surface area contributed by atoms with Crippen LogP contribution >= 0.6 is 0 Å². The van der Waals surface area contributed by atoms with E-state index >= 15 is 0 Å². The molecule has 0 bridgehead atoms. The SMILES string of the molecule is O=C([O-])CC(NC(CC(=O)[O-])C(=O)[O-])C(=O)[O-].[Mg+2].[Mg+2]. The molecule has 0 aliphatic carbocycles. The quantitative estimate of drug-likeness (QED) is 0.426. The van der Waals surface area contributed by atoms with Gasteiger partial charge in [-0.3, -0.25) is 0 Å². The van der Waals surface area contributed by atoms with Gasteiger partial charge in [-0.05, 0) is 0 Å². The van der Waals surface area contributed by atoms with Crippen molar-refractivity contribution in [2.24, 2.45) is 0 Å². The largest absolute Gasteiger partial charge is 2.00 e. The molecule has 0 aliphatic heterocycles. The van der Waals surface area contributed by atoms with Gasteiger partial charge < -0.3 is 44.9 Å². The number of hydrogen-bond donors (Lipinski definition) is 1. The van der Waals surface area contributed by atoms with Crippen LogP contribution in [0.3, 0.4) is 0 Å². The van der Waals surface area contributed by atoms with Crippen molar-refractivity contribution in [2.45, 2.75) is 24.9 Å². The minimum absolute atomic E-state index is 0. The molecule has 0 fully saturated rings. The smallest absolute Gasteiger partial charge is 0.550 e. The molecule has 0 aromatic heterocycles. The molecule has 0 saturated carbocycles. The van der Waals surface area contributed by atoms with E-state index in [1.165, 1.54) is 0 Å². The predicted molar refractivity (Wildman–Crippen MR) is 51.5 cm³/mol. The van der Waals surface area contributed by atoms with E-state index in [9.17, 15) is 39.6 Å². The second-order valence-electron chi connectivity index (χ2n) is 3.06. The fourth-order valence-corrected chi connectivity index (χ4v) is 0.997. The van der Waals surface area contributed by atoms with Crippen molar-refractivity contribution < 1.29 is 39.6 Å². The van der Waals surface area contributed by atoms with Crippen molar-refractivity contribution in [3.8, 4) is 0 Å². The monoisotopic (exact) mass is 293 g/mol. The van der Waals surface area contributed by atoms with Crippen molar-refractivity contribution in [3.05, 3.63) is 0 Å². The van der Waals surface area contributed by atoms with Crippen LogP contribution in [0.15, 0.2) is 0 Å². The van der Waals surface area contributed by atoms with Crippen molar-refractivity contribution in [2.75, 3.05) is 0 Å². The first kappa shape index (κ1) is 23.5. The van der Waals surface area contributed by atoms with Crippen molar-refractivity contribution in [1.82, 2.24) is 5.32 Å². The van der Waals surface area contributed by atoms with Gasteiger partial charge in [0.25, 0.3) is 0 Å². The molecule has 0 saturated heterocycles. The Balaban J connectivity index is -0.00000128. The molecule has 0 rings (SSSR count). The third kappa shape index (κ3) is 10.9. The van der Waals surface area contributed by atoms with Gasteiger partial charge in [0.1, 0.15) is 0 Å². The number of aliphatic carboxylic acids is 4. The van der Waals surface area contributed by atoms with Gasteiger partial charge in [0.05, 0.1) is 24.0 Å². The topological polar surface area (TPSA) is 173 Å². The zero-order valence-corrected chi connectivity index (χ0v) is 12.6. The molecular weight excluding hydrogens is 287 g/mol. The fraction of sp³-hybridized carbons (Fsp3) is 0.500. The summed E-state index contributed by atoms with van der Waals surface area (Å²) in [5.41, 5.74) is 0. The summed E-state index contributed by atoms with van der Waals surface area (Å²) in [6.45, 7) is 0. The minimum Gasteiger partial charge on any atom is -0.550 e. The van der Waals surface area contributed by atoms with Crippen LogP contribution < -0.4 is 25.7 Å². The van der Waals surface area contributed by atoms with E-state index in [0.717, 1.165) is 0 Å². The molecule has 2 unspecified atom stereocenters. The number of hydrogen-bond acceptors (Lipinski definition) is 9. The molecule has 0 amide bonds. The summed E-state index contributed by atoms with van der Waals surface area (Å²) in [6, 6.07) is -3.80. The Morgan fingerprint density at radius 3 is 1.16 bits per heavy atom. The van der Waals surface area contributed by atoms with Gasteiger partial charge in [-0.15, -0.1) is 0 Å². The Morgan fingerprint density at radius 1 is 0.737 bits per heavy atom. The van der Waals surface area contributed by atoms with E-state index < -0.39 is 48.8 Å². The number of nitrogens with one attached hydrogen (secondary N) is 1. The number of carboxylic acid groups (broad SMARTS) is 4. The van der Waals surface area contributed by atoms with E-state index in [1.54, 1.807) is 5.32 Å². The summed E-state index contributed by atoms with van der Waals surface area (Å²) in [5, 5.41) is 42.9. The Labute approximate surface area is 139 Å². The molecule has 11 heteroatoms. The third-order valence-electron chi connectivity index (χ3n) is 1.71. The van der Waals surface area contributed by atoms with Gasteiger partial charge in [0.15, 0.2) is 0 Å². The first-order valence-electron chi connectivity index (χ1n) is 4.31. The zero-order chi connectivity index (χ0) is 13.6. The Bertz CT molecular complexity index is 316. The number of carboxylic acids is 4. The van der Waals surface area contributed by atoms with Crippen molar-refractivity contribution in [3.63, 3.8) is 0 Å². The summed E-state index contributed by atoms with van der Waals surface area (Å²) < 4.78 is 0. The van der Waals surface area contributed by atoms with E-state index in [0.29, 0.717) is 0 Å². The van der Waals surface area contributed by atoms with Crippen LogP contribution in [0.2, 0.25) is 0 Å². The normalized spacial score (nSPS) is 12.2. The van der Waals surface area contributed by atoms with Gasteiger partial charge in [-0.2, -0.15) is 0 Å².